The van der Waals surface area contributed by atoms with Crippen molar-refractivity contribution in [2.24, 2.45) is 0 Å². The highest BCUT2D eigenvalue weighted by molar-refractivity contribution is 7.91. The Kier molecular flexibility index (Phi) is 10.3. The Hall–Kier alpha value is -4.69. The number of benzene rings is 3. The van der Waals surface area contributed by atoms with E-state index in [1.54, 1.807) is 43.5 Å². The fourth-order valence-corrected chi connectivity index (χ4v) is 7.48. The van der Waals surface area contributed by atoms with E-state index in [1.807, 2.05) is 42.5 Å². The van der Waals surface area contributed by atoms with E-state index in [0.717, 1.165) is 16.0 Å². The number of pyridine rings is 1. The molecule has 3 aromatic heterocycles. The molecule has 6 aromatic rings. The fraction of sp³-hybridized carbons (Fsp3) is 0.200. The summed E-state index contributed by atoms with van der Waals surface area (Å²) < 4.78 is 50.6. The third-order valence-electron chi connectivity index (χ3n) is 7.92. The van der Waals surface area contributed by atoms with Crippen LogP contribution in [0.1, 0.15) is 23.5 Å². The van der Waals surface area contributed by atoms with Crippen molar-refractivity contribution in [1.82, 2.24) is 24.8 Å². The maximum Gasteiger partial charge on any atom is 0.196 e. The first-order valence-electron chi connectivity index (χ1n) is 15.2. The average molecular weight is 719 g/mol. The number of hydrogen-bond acceptors (Lipinski definition) is 11. The van der Waals surface area contributed by atoms with Gasteiger partial charge in [0.25, 0.3) is 0 Å². The van der Waals surface area contributed by atoms with Gasteiger partial charge in [-0.05, 0) is 68.1 Å². The van der Waals surface area contributed by atoms with E-state index in [-0.39, 0.29) is 29.2 Å². The molecule has 14 heteroatoms. The maximum absolute atomic E-state index is 13.5. The average Bonchev–Trinajstić information content (AvgIpc) is 3.60. The van der Waals surface area contributed by atoms with Crippen LogP contribution in [-0.4, -0.2) is 59.7 Å². The minimum Gasteiger partial charge on any atom is -0.496 e. The van der Waals surface area contributed by atoms with Crippen molar-refractivity contribution in [3.8, 4) is 22.8 Å². The van der Waals surface area contributed by atoms with Crippen molar-refractivity contribution >= 4 is 55.2 Å². The predicted molar refractivity (Wildman–Crippen MR) is 190 cm³/mol. The summed E-state index contributed by atoms with van der Waals surface area (Å²) in [5.41, 5.74) is 3.49. The number of methoxy groups -OCH3 is 1. The second-order valence-corrected chi connectivity index (χ2v) is 14.5. The molecule has 3 aromatic carbocycles. The highest BCUT2D eigenvalue weighted by Crippen LogP contribution is 2.38. The Morgan fingerprint density at radius 1 is 1.02 bits per heavy atom. The molecule has 0 saturated heterocycles. The number of thiazole rings is 1. The van der Waals surface area contributed by atoms with Crippen LogP contribution < -0.4 is 14.8 Å². The molecular weight excluding hydrogens is 687 g/mol. The summed E-state index contributed by atoms with van der Waals surface area (Å²) in [5, 5.41) is 7.29. The SMILES string of the molecule is COc1cc2ncnc(Nc3ccc(OCc4cccc(F)c4)c(Cl)c3)c2cc1-c1csc(C(C)N(C)CCS(=O)(=O)c2ccccn2)n1. The first-order chi connectivity index (χ1) is 23.6. The van der Waals surface area contributed by atoms with Crippen LogP contribution in [0.5, 0.6) is 11.5 Å². The summed E-state index contributed by atoms with van der Waals surface area (Å²) in [4.78, 5) is 19.8. The third-order valence-corrected chi connectivity index (χ3v) is 10.8. The zero-order chi connectivity index (χ0) is 34.5. The fourth-order valence-electron chi connectivity index (χ4n) is 5.06. The molecule has 3 heterocycles. The Morgan fingerprint density at radius 3 is 2.63 bits per heavy atom. The van der Waals surface area contributed by atoms with Gasteiger partial charge in [0.1, 0.15) is 41.1 Å². The van der Waals surface area contributed by atoms with E-state index in [0.29, 0.717) is 51.3 Å². The van der Waals surface area contributed by atoms with Crippen molar-refractivity contribution in [3.05, 3.63) is 112 Å². The van der Waals surface area contributed by atoms with Gasteiger partial charge in [0.05, 0.1) is 35.1 Å². The van der Waals surface area contributed by atoms with E-state index in [4.69, 9.17) is 26.1 Å². The van der Waals surface area contributed by atoms with Gasteiger partial charge in [-0.3, -0.25) is 4.90 Å². The Balaban J connectivity index is 1.20. The molecule has 49 heavy (non-hydrogen) atoms. The number of ether oxygens (including phenoxy) is 2. The van der Waals surface area contributed by atoms with Crippen molar-refractivity contribution in [2.45, 2.75) is 24.6 Å². The van der Waals surface area contributed by atoms with Crippen molar-refractivity contribution in [3.63, 3.8) is 0 Å². The molecule has 0 fully saturated rings. The van der Waals surface area contributed by atoms with Crippen LogP contribution in [0.15, 0.2) is 95.7 Å². The quantitative estimate of drug-likeness (QED) is 0.127. The molecule has 1 atom stereocenters. The first-order valence-corrected chi connectivity index (χ1v) is 18.1. The molecular formula is C35H32ClFN6O4S2. The van der Waals surface area contributed by atoms with Crippen LogP contribution in [0.4, 0.5) is 15.9 Å². The normalized spacial score (nSPS) is 12.3. The van der Waals surface area contributed by atoms with Crippen LogP contribution in [0.3, 0.4) is 0 Å². The molecule has 1 N–H and O–H groups in total. The zero-order valence-electron chi connectivity index (χ0n) is 26.8. The minimum absolute atomic E-state index is 0.0623. The lowest BCUT2D eigenvalue weighted by atomic mass is 10.1. The van der Waals surface area contributed by atoms with Gasteiger partial charge in [-0.1, -0.05) is 29.8 Å². The zero-order valence-corrected chi connectivity index (χ0v) is 29.2. The number of nitrogens with zero attached hydrogens (tertiary/aromatic N) is 5. The van der Waals surface area contributed by atoms with Gasteiger partial charge in [0, 0.05) is 40.8 Å². The van der Waals surface area contributed by atoms with E-state index in [9.17, 15) is 12.8 Å². The Morgan fingerprint density at radius 2 is 1.88 bits per heavy atom. The topological polar surface area (TPSA) is 119 Å². The minimum atomic E-state index is -3.51. The summed E-state index contributed by atoms with van der Waals surface area (Å²) in [6.45, 7) is 2.48. The lowest BCUT2D eigenvalue weighted by Crippen LogP contribution is -2.28. The van der Waals surface area contributed by atoms with Crippen molar-refractivity contribution in [2.75, 3.05) is 31.8 Å². The first kappa shape index (κ1) is 34.2. The third kappa shape index (κ3) is 7.97. The van der Waals surface area contributed by atoms with Crippen LogP contribution in [0.2, 0.25) is 5.02 Å². The number of halogens is 2. The smallest absolute Gasteiger partial charge is 0.196 e. The van der Waals surface area contributed by atoms with Gasteiger partial charge >= 0.3 is 0 Å². The molecule has 0 aliphatic heterocycles. The van der Waals surface area contributed by atoms with Crippen molar-refractivity contribution < 1.29 is 22.3 Å². The van der Waals surface area contributed by atoms with Crippen molar-refractivity contribution in [1.29, 1.82) is 0 Å². The molecule has 10 nitrogen and oxygen atoms in total. The molecule has 0 bridgehead atoms. The number of nitrogens with one attached hydrogen (secondary N) is 1. The number of anilines is 2. The van der Waals surface area contributed by atoms with E-state index < -0.39 is 9.84 Å². The standard InChI is InChI=1S/C35H32ClFN6O4S2/c1-22(43(2)13-14-49(44,45)33-9-4-5-12-38-33)35-42-30(20-48-35)26-17-27-29(18-32(26)46-3)39-21-40-34(27)41-25-10-11-31(28(36)16-25)47-19-23-7-6-8-24(37)15-23/h4-12,15-18,20-22H,13-14,19H2,1-3H3,(H,39,40,41). The number of hydrogen-bond donors (Lipinski definition) is 1. The molecule has 0 spiro atoms. The highest BCUT2D eigenvalue weighted by Gasteiger charge is 2.22. The van der Waals surface area contributed by atoms with Gasteiger partial charge in [0.2, 0.25) is 0 Å². The summed E-state index contributed by atoms with van der Waals surface area (Å²) in [5.74, 6) is 1.22. The monoisotopic (exact) mass is 718 g/mol. The maximum atomic E-state index is 13.5. The molecule has 0 aliphatic carbocycles. The number of rotatable bonds is 13. The highest BCUT2D eigenvalue weighted by atomic mass is 35.5. The number of sulfone groups is 1. The lowest BCUT2D eigenvalue weighted by Gasteiger charge is -2.22. The molecule has 1 unspecified atom stereocenters. The van der Waals surface area contributed by atoms with Crippen LogP contribution in [-0.2, 0) is 16.4 Å². The van der Waals surface area contributed by atoms with E-state index >= 15 is 0 Å². The Bertz CT molecular complexity index is 2200. The molecule has 0 amide bonds. The van der Waals surface area contributed by atoms with Crippen LogP contribution in [0.25, 0.3) is 22.2 Å². The molecule has 0 aliphatic rings. The number of aromatic nitrogens is 4. The van der Waals surface area contributed by atoms with E-state index in [1.165, 1.54) is 42.1 Å². The summed E-state index contributed by atoms with van der Waals surface area (Å²) in [7, 11) is -0.0439. The second-order valence-electron chi connectivity index (χ2n) is 11.2. The summed E-state index contributed by atoms with van der Waals surface area (Å²) in [6, 6.07) is 20.0. The molecule has 0 saturated carbocycles. The lowest BCUT2D eigenvalue weighted by molar-refractivity contribution is 0.276. The largest absolute Gasteiger partial charge is 0.496 e. The number of fused-ring (bicyclic) bond motifs is 1. The van der Waals surface area contributed by atoms with E-state index in [2.05, 4.69) is 20.3 Å². The molecule has 252 valence electrons. The van der Waals surface area contributed by atoms with Crippen LogP contribution in [0, 0.1) is 5.82 Å². The summed E-state index contributed by atoms with van der Waals surface area (Å²) in [6.07, 6.45) is 2.94. The van der Waals surface area contributed by atoms with Gasteiger partial charge in [-0.15, -0.1) is 11.3 Å². The van der Waals surface area contributed by atoms with Gasteiger partial charge in [0.15, 0.2) is 14.9 Å². The second kappa shape index (κ2) is 14.8. The van der Waals surface area contributed by atoms with Gasteiger partial charge < -0.3 is 14.8 Å². The predicted octanol–water partition coefficient (Wildman–Crippen LogP) is 7.74. The van der Waals surface area contributed by atoms with Crippen LogP contribution >= 0.6 is 22.9 Å². The van der Waals surface area contributed by atoms with Gasteiger partial charge in [-0.2, -0.15) is 0 Å². The summed E-state index contributed by atoms with van der Waals surface area (Å²) >= 11 is 8.03. The Labute approximate surface area is 292 Å². The molecule has 6 rings (SSSR count). The molecule has 0 radical (unpaired) electrons. The van der Waals surface area contributed by atoms with Gasteiger partial charge in [-0.25, -0.2) is 32.7 Å².